The second-order valence-corrected chi connectivity index (χ2v) is 12.9. The number of aromatic nitrogens is 1. The second kappa shape index (κ2) is 11.8. The number of ether oxygens (including phenoxy) is 1. The Hall–Kier alpha value is -3.01. The Bertz CT molecular complexity index is 1370. The van der Waals surface area contributed by atoms with Crippen LogP contribution in [0.5, 0.6) is 5.75 Å². The molecule has 204 valence electrons. The van der Waals surface area contributed by atoms with E-state index in [2.05, 4.69) is 23.7 Å². The quantitative estimate of drug-likeness (QED) is 0.288. The van der Waals surface area contributed by atoms with Crippen molar-refractivity contribution in [3.63, 3.8) is 0 Å². The van der Waals surface area contributed by atoms with Gasteiger partial charge in [0.15, 0.2) is 9.84 Å². The van der Waals surface area contributed by atoms with E-state index in [0.717, 1.165) is 41.7 Å². The Morgan fingerprint density at radius 3 is 2.63 bits per heavy atom. The molecule has 0 spiro atoms. The number of benzene rings is 2. The summed E-state index contributed by atoms with van der Waals surface area (Å²) in [5.41, 5.74) is 3.75. The predicted octanol–water partition coefficient (Wildman–Crippen LogP) is 4.53. The van der Waals surface area contributed by atoms with E-state index in [1.807, 2.05) is 37.3 Å². The van der Waals surface area contributed by atoms with Crippen molar-refractivity contribution in [2.24, 2.45) is 11.3 Å². The van der Waals surface area contributed by atoms with E-state index in [1.165, 1.54) is 0 Å². The minimum Gasteiger partial charge on any atom is -0.489 e. The molecule has 2 N–H and O–H groups in total. The zero-order valence-electron chi connectivity index (χ0n) is 22.3. The predicted molar refractivity (Wildman–Crippen MR) is 147 cm³/mol. The minimum atomic E-state index is -3.69. The number of para-hydroxylation sites is 1. The largest absolute Gasteiger partial charge is 0.489 e. The van der Waals surface area contributed by atoms with E-state index in [0.29, 0.717) is 31.2 Å². The van der Waals surface area contributed by atoms with Crippen molar-refractivity contribution in [2.75, 3.05) is 25.4 Å². The number of hydrogen-bond acceptors (Lipinski definition) is 7. The highest BCUT2D eigenvalue weighted by Crippen LogP contribution is 2.37. The molecule has 8 nitrogen and oxygen atoms in total. The number of amides is 1. The van der Waals surface area contributed by atoms with Crippen molar-refractivity contribution < 1.29 is 23.2 Å². The third-order valence-corrected chi connectivity index (χ3v) is 9.01. The molecule has 0 saturated carbocycles. The van der Waals surface area contributed by atoms with Crippen molar-refractivity contribution in [2.45, 2.75) is 51.5 Å². The number of nitrogens with one attached hydrogen (secondary N) is 1. The molecule has 0 aliphatic carbocycles. The van der Waals surface area contributed by atoms with E-state index >= 15 is 0 Å². The Labute approximate surface area is 224 Å². The summed E-state index contributed by atoms with van der Waals surface area (Å²) in [6.45, 7) is 8.73. The summed E-state index contributed by atoms with van der Waals surface area (Å²) >= 11 is 0. The van der Waals surface area contributed by atoms with Crippen LogP contribution in [0.1, 0.15) is 44.4 Å². The number of piperidine rings is 1. The van der Waals surface area contributed by atoms with Crippen molar-refractivity contribution in [3.8, 4) is 5.75 Å². The number of fused-ring (bicyclic) bond motifs is 1. The number of hydroxylamine groups is 1. The maximum Gasteiger partial charge on any atom is 0.243 e. The van der Waals surface area contributed by atoms with Gasteiger partial charge in [0.1, 0.15) is 12.4 Å². The zero-order chi connectivity index (χ0) is 27.3. The van der Waals surface area contributed by atoms with Crippen LogP contribution < -0.4 is 10.2 Å². The second-order valence-electron chi connectivity index (χ2n) is 10.9. The number of sulfone groups is 1. The summed E-state index contributed by atoms with van der Waals surface area (Å²) in [5, 5.41) is 10.2. The summed E-state index contributed by atoms with van der Waals surface area (Å²) in [6, 6.07) is 16.4. The lowest BCUT2D eigenvalue weighted by Crippen LogP contribution is -2.49. The van der Waals surface area contributed by atoms with Gasteiger partial charge in [-0.05, 0) is 68.6 Å². The Balaban J connectivity index is 1.49. The number of pyridine rings is 1. The topological polar surface area (TPSA) is 109 Å². The van der Waals surface area contributed by atoms with E-state index in [-0.39, 0.29) is 17.1 Å². The van der Waals surface area contributed by atoms with Crippen LogP contribution in [0.25, 0.3) is 10.9 Å². The molecule has 1 atom stereocenters. The summed E-state index contributed by atoms with van der Waals surface area (Å²) in [6.07, 6.45) is 1.36. The van der Waals surface area contributed by atoms with Crippen LogP contribution in [0.15, 0.2) is 59.5 Å². The van der Waals surface area contributed by atoms with E-state index in [1.54, 1.807) is 29.7 Å². The summed E-state index contributed by atoms with van der Waals surface area (Å²) in [5.74, 6) is 0.271. The number of carbonyl (C=O) groups excluding carboxylic acids is 1. The molecule has 0 radical (unpaired) electrons. The monoisotopic (exact) mass is 539 g/mol. The van der Waals surface area contributed by atoms with Crippen LogP contribution in [0.3, 0.4) is 0 Å². The van der Waals surface area contributed by atoms with Gasteiger partial charge in [0.25, 0.3) is 0 Å². The minimum absolute atomic E-state index is 0.0438. The van der Waals surface area contributed by atoms with Crippen molar-refractivity contribution >= 4 is 26.6 Å². The summed E-state index contributed by atoms with van der Waals surface area (Å²) < 4.78 is 33.0. The van der Waals surface area contributed by atoms with E-state index in [9.17, 15) is 13.2 Å². The highest BCUT2D eigenvalue weighted by atomic mass is 32.2. The van der Waals surface area contributed by atoms with Crippen LogP contribution in [0.4, 0.5) is 0 Å². The Morgan fingerprint density at radius 1 is 1.18 bits per heavy atom. The molecular weight excluding hydrogens is 502 g/mol. The lowest BCUT2D eigenvalue weighted by molar-refractivity contribution is -0.132. The standard InChI is InChI=1S/C29H37N3O5S/c1-21(2)17-32-14-6-13-29(19-32,16-28(33)31-34)20-38(35,36)25-11-9-24(10-12-25)37-18-23-15-22(3)30-27-8-5-4-7-26(23)27/h4-5,7-12,15,21,34H,6,13-14,16-20H2,1-3H3,(H,31,33). The molecule has 1 saturated heterocycles. The number of rotatable bonds is 10. The maximum atomic E-state index is 13.5. The van der Waals surface area contributed by atoms with Gasteiger partial charge in [-0.3, -0.25) is 15.0 Å². The molecule has 9 heteroatoms. The van der Waals surface area contributed by atoms with Crippen LogP contribution >= 0.6 is 0 Å². The number of hydrogen-bond donors (Lipinski definition) is 2. The van der Waals surface area contributed by atoms with Gasteiger partial charge in [-0.1, -0.05) is 32.0 Å². The smallest absolute Gasteiger partial charge is 0.243 e. The van der Waals surface area contributed by atoms with Crippen LogP contribution in [0, 0.1) is 18.3 Å². The number of nitrogens with zero attached hydrogens (tertiary/aromatic N) is 2. The van der Waals surface area contributed by atoms with Gasteiger partial charge in [0.05, 0.1) is 16.2 Å². The average molecular weight is 540 g/mol. The third kappa shape index (κ3) is 6.89. The molecule has 3 aromatic rings. The molecule has 1 fully saturated rings. The average Bonchev–Trinajstić information content (AvgIpc) is 2.86. The number of aryl methyl sites for hydroxylation is 1. The summed E-state index contributed by atoms with van der Waals surface area (Å²) in [7, 11) is -3.69. The lowest BCUT2D eigenvalue weighted by atomic mass is 9.78. The fraction of sp³-hybridized carbons (Fsp3) is 0.448. The summed E-state index contributed by atoms with van der Waals surface area (Å²) in [4.78, 5) is 19.2. The fourth-order valence-corrected chi connectivity index (χ4v) is 7.44. The highest BCUT2D eigenvalue weighted by molar-refractivity contribution is 7.91. The first-order valence-corrected chi connectivity index (χ1v) is 14.7. The number of likely N-dealkylation sites (tertiary alicyclic amines) is 1. The van der Waals surface area contributed by atoms with Gasteiger partial charge in [-0.15, -0.1) is 0 Å². The van der Waals surface area contributed by atoms with Crippen LogP contribution in [-0.4, -0.2) is 54.8 Å². The first-order valence-electron chi connectivity index (χ1n) is 13.1. The highest BCUT2D eigenvalue weighted by Gasteiger charge is 2.41. The normalized spacial score (nSPS) is 18.6. The third-order valence-electron chi connectivity index (χ3n) is 7.03. The molecule has 1 aliphatic heterocycles. The van der Waals surface area contributed by atoms with E-state index < -0.39 is 21.2 Å². The molecule has 0 bridgehead atoms. The maximum absolute atomic E-state index is 13.5. The molecule has 1 aromatic heterocycles. The SMILES string of the molecule is Cc1cc(COc2ccc(S(=O)(=O)CC3(CC(=O)NO)CCCN(CC(C)C)C3)cc2)c2ccccc2n1. The molecule has 2 heterocycles. The zero-order valence-corrected chi connectivity index (χ0v) is 23.1. The molecule has 1 amide bonds. The van der Waals surface area contributed by atoms with Gasteiger partial charge in [-0.25, -0.2) is 13.9 Å². The molecule has 2 aromatic carbocycles. The van der Waals surface area contributed by atoms with Gasteiger partial charge in [0, 0.05) is 41.6 Å². The molecule has 38 heavy (non-hydrogen) atoms. The van der Waals surface area contributed by atoms with Gasteiger partial charge in [0.2, 0.25) is 5.91 Å². The van der Waals surface area contributed by atoms with Gasteiger partial charge >= 0.3 is 0 Å². The van der Waals surface area contributed by atoms with Crippen LogP contribution in [0.2, 0.25) is 0 Å². The van der Waals surface area contributed by atoms with Crippen molar-refractivity contribution in [1.29, 1.82) is 0 Å². The molecular formula is C29H37N3O5S. The molecule has 4 rings (SSSR count). The van der Waals surface area contributed by atoms with Gasteiger partial charge in [-0.2, -0.15) is 0 Å². The van der Waals surface area contributed by atoms with Gasteiger partial charge < -0.3 is 9.64 Å². The Morgan fingerprint density at radius 2 is 1.92 bits per heavy atom. The fourth-order valence-electron chi connectivity index (χ4n) is 5.58. The van der Waals surface area contributed by atoms with Crippen LogP contribution in [-0.2, 0) is 21.2 Å². The first-order chi connectivity index (χ1) is 18.1. The van der Waals surface area contributed by atoms with Crippen molar-refractivity contribution in [3.05, 3.63) is 65.9 Å². The Kier molecular flexibility index (Phi) is 8.70. The van der Waals surface area contributed by atoms with Crippen molar-refractivity contribution in [1.82, 2.24) is 15.4 Å². The first kappa shape index (κ1) is 28.0. The lowest BCUT2D eigenvalue weighted by Gasteiger charge is -2.43. The van der Waals surface area contributed by atoms with E-state index in [4.69, 9.17) is 9.94 Å². The molecule has 1 aliphatic rings. The number of carbonyl (C=O) groups is 1. The molecule has 1 unspecified atom stereocenters.